The maximum absolute atomic E-state index is 14.1. The molecule has 0 radical (unpaired) electrons. The molecule has 0 aliphatic carbocycles. The van der Waals surface area contributed by atoms with Crippen molar-refractivity contribution in [2.75, 3.05) is 27.2 Å². The van der Waals surface area contributed by atoms with Gasteiger partial charge in [-0.25, -0.2) is 4.39 Å². The van der Waals surface area contributed by atoms with Gasteiger partial charge in [-0.2, -0.15) is 0 Å². The van der Waals surface area contributed by atoms with E-state index in [0.717, 1.165) is 6.54 Å². The second kappa shape index (κ2) is 7.04. The number of benzene rings is 1. The fourth-order valence-corrected chi connectivity index (χ4v) is 1.86. The Kier molecular flexibility index (Phi) is 5.96. The highest BCUT2D eigenvalue weighted by molar-refractivity contribution is 5.37. The van der Waals surface area contributed by atoms with Gasteiger partial charge < -0.3 is 15.0 Å². The minimum absolute atomic E-state index is 0.0707. The van der Waals surface area contributed by atoms with E-state index >= 15 is 0 Å². The first kappa shape index (κ1) is 16.9. The third-order valence-corrected chi connectivity index (χ3v) is 3.75. The van der Waals surface area contributed by atoms with Crippen LogP contribution in [0.4, 0.5) is 4.39 Å². The summed E-state index contributed by atoms with van der Waals surface area (Å²) in [5, 5.41) is 3.23. The Hall–Kier alpha value is -1.13. The third kappa shape index (κ3) is 4.18. The summed E-state index contributed by atoms with van der Waals surface area (Å²) in [6, 6.07) is 4.93. The number of hydrogen-bond acceptors (Lipinski definition) is 3. The lowest BCUT2D eigenvalue weighted by atomic mass is 10.0. The first-order valence-corrected chi connectivity index (χ1v) is 7.11. The van der Waals surface area contributed by atoms with Gasteiger partial charge in [0.25, 0.3) is 0 Å². The molecule has 1 aromatic rings. The van der Waals surface area contributed by atoms with Crippen LogP contribution in [0.25, 0.3) is 0 Å². The van der Waals surface area contributed by atoms with Crippen LogP contribution < -0.4 is 10.1 Å². The Morgan fingerprint density at radius 3 is 2.55 bits per heavy atom. The van der Waals surface area contributed by atoms with Crippen molar-refractivity contribution in [3.05, 3.63) is 29.6 Å². The van der Waals surface area contributed by atoms with E-state index in [1.165, 1.54) is 6.07 Å². The molecule has 1 unspecified atom stereocenters. The lowest BCUT2D eigenvalue weighted by Crippen LogP contribution is -2.43. The molecule has 0 heterocycles. The van der Waals surface area contributed by atoms with Gasteiger partial charge in [-0.05, 0) is 53.5 Å². The van der Waals surface area contributed by atoms with Gasteiger partial charge in [0.15, 0.2) is 0 Å². The van der Waals surface area contributed by atoms with Crippen LogP contribution in [0.1, 0.15) is 39.3 Å². The average Bonchev–Trinajstić information content (AvgIpc) is 2.36. The topological polar surface area (TPSA) is 24.5 Å². The molecular weight excluding hydrogens is 255 g/mol. The summed E-state index contributed by atoms with van der Waals surface area (Å²) in [7, 11) is 4.02. The monoisotopic (exact) mass is 282 g/mol. The highest BCUT2D eigenvalue weighted by atomic mass is 19.1. The Bertz CT molecular complexity index is 432. The zero-order valence-corrected chi connectivity index (χ0v) is 13.5. The van der Waals surface area contributed by atoms with Gasteiger partial charge in [0, 0.05) is 17.1 Å². The number of rotatable bonds is 7. The molecule has 4 heteroatoms. The summed E-state index contributed by atoms with van der Waals surface area (Å²) >= 11 is 0. The molecule has 0 fully saturated rings. The van der Waals surface area contributed by atoms with Crippen LogP contribution in [-0.4, -0.2) is 37.7 Å². The minimum atomic E-state index is -0.224. The SMILES string of the molecule is CCNC(C)c1c(F)cccc1OCC(C)(C)N(C)C. The molecule has 1 rings (SSSR count). The van der Waals surface area contributed by atoms with E-state index in [2.05, 4.69) is 24.1 Å². The van der Waals surface area contributed by atoms with Crippen LogP contribution in [-0.2, 0) is 0 Å². The van der Waals surface area contributed by atoms with Crippen molar-refractivity contribution in [1.29, 1.82) is 0 Å². The second-order valence-electron chi connectivity index (χ2n) is 5.93. The Morgan fingerprint density at radius 1 is 1.35 bits per heavy atom. The Balaban J connectivity index is 2.93. The normalized spacial score (nSPS) is 13.6. The fourth-order valence-electron chi connectivity index (χ4n) is 1.86. The third-order valence-electron chi connectivity index (χ3n) is 3.75. The lowest BCUT2D eigenvalue weighted by Gasteiger charge is -2.32. The van der Waals surface area contributed by atoms with Crippen molar-refractivity contribution in [3.63, 3.8) is 0 Å². The van der Waals surface area contributed by atoms with Crippen LogP contribution in [0.3, 0.4) is 0 Å². The summed E-state index contributed by atoms with van der Waals surface area (Å²) in [6.45, 7) is 9.45. The molecule has 0 spiro atoms. The molecule has 0 aliphatic heterocycles. The molecule has 1 atom stereocenters. The molecule has 0 saturated carbocycles. The van der Waals surface area contributed by atoms with Crippen LogP contribution in [0.2, 0.25) is 0 Å². The number of ether oxygens (including phenoxy) is 1. The van der Waals surface area contributed by atoms with Gasteiger partial charge in [0.2, 0.25) is 0 Å². The molecule has 0 bridgehead atoms. The number of nitrogens with zero attached hydrogens (tertiary/aromatic N) is 1. The van der Waals surface area contributed by atoms with Crippen molar-refractivity contribution in [2.45, 2.75) is 39.3 Å². The minimum Gasteiger partial charge on any atom is -0.491 e. The van der Waals surface area contributed by atoms with Crippen LogP contribution >= 0.6 is 0 Å². The predicted molar refractivity (Wildman–Crippen MR) is 81.8 cm³/mol. The zero-order valence-electron chi connectivity index (χ0n) is 13.5. The fraction of sp³-hybridized carbons (Fsp3) is 0.625. The van der Waals surface area contributed by atoms with Crippen molar-refractivity contribution < 1.29 is 9.13 Å². The maximum atomic E-state index is 14.1. The Morgan fingerprint density at radius 2 is 2.00 bits per heavy atom. The number of halogens is 1. The molecule has 3 nitrogen and oxygen atoms in total. The Labute approximate surface area is 122 Å². The number of nitrogens with one attached hydrogen (secondary N) is 1. The molecule has 0 amide bonds. The van der Waals surface area contributed by atoms with E-state index in [1.54, 1.807) is 6.07 Å². The van der Waals surface area contributed by atoms with Gasteiger partial charge >= 0.3 is 0 Å². The van der Waals surface area contributed by atoms with Crippen molar-refractivity contribution in [3.8, 4) is 5.75 Å². The van der Waals surface area contributed by atoms with Crippen LogP contribution in [0.15, 0.2) is 18.2 Å². The van der Waals surface area contributed by atoms with Crippen molar-refractivity contribution >= 4 is 0 Å². The standard InChI is InChI=1S/C16H27FN2O/c1-7-18-12(2)15-13(17)9-8-10-14(15)20-11-16(3,4)19(5)6/h8-10,12,18H,7,11H2,1-6H3. The van der Waals surface area contributed by atoms with Crippen molar-refractivity contribution in [1.82, 2.24) is 10.2 Å². The second-order valence-corrected chi connectivity index (χ2v) is 5.93. The highest BCUT2D eigenvalue weighted by Crippen LogP contribution is 2.28. The maximum Gasteiger partial charge on any atom is 0.131 e. The highest BCUT2D eigenvalue weighted by Gasteiger charge is 2.23. The number of hydrogen-bond donors (Lipinski definition) is 1. The molecule has 20 heavy (non-hydrogen) atoms. The van der Waals surface area contributed by atoms with Gasteiger partial charge in [-0.15, -0.1) is 0 Å². The van der Waals surface area contributed by atoms with Crippen molar-refractivity contribution in [2.24, 2.45) is 0 Å². The molecular formula is C16H27FN2O. The van der Waals surface area contributed by atoms with E-state index in [4.69, 9.17) is 4.74 Å². The van der Waals surface area contributed by atoms with Gasteiger partial charge in [-0.3, -0.25) is 0 Å². The summed E-state index contributed by atoms with van der Waals surface area (Å²) in [6.07, 6.45) is 0. The smallest absolute Gasteiger partial charge is 0.131 e. The quantitative estimate of drug-likeness (QED) is 0.831. The summed E-state index contributed by atoms with van der Waals surface area (Å²) in [5.41, 5.74) is 0.495. The predicted octanol–water partition coefficient (Wildman–Crippen LogP) is 3.22. The van der Waals surface area contributed by atoms with Gasteiger partial charge in [0.1, 0.15) is 18.2 Å². The molecule has 1 aromatic carbocycles. The van der Waals surface area contributed by atoms with Crippen LogP contribution in [0, 0.1) is 5.82 Å². The average molecular weight is 282 g/mol. The summed E-state index contributed by atoms with van der Waals surface area (Å²) in [5.74, 6) is 0.395. The van der Waals surface area contributed by atoms with E-state index in [-0.39, 0.29) is 17.4 Å². The molecule has 0 saturated heterocycles. The largest absolute Gasteiger partial charge is 0.491 e. The van der Waals surface area contributed by atoms with E-state index in [0.29, 0.717) is 17.9 Å². The van der Waals surface area contributed by atoms with Gasteiger partial charge in [0.05, 0.1) is 0 Å². The summed E-state index contributed by atoms with van der Waals surface area (Å²) < 4.78 is 20.0. The van der Waals surface area contributed by atoms with E-state index in [9.17, 15) is 4.39 Å². The molecule has 1 N–H and O–H groups in total. The first-order valence-electron chi connectivity index (χ1n) is 7.11. The zero-order chi connectivity index (χ0) is 15.3. The van der Waals surface area contributed by atoms with E-state index < -0.39 is 0 Å². The summed E-state index contributed by atoms with van der Waals surface area (Å²) in [4.78, 5) is 2.10. The van der Waals surface area contributed by atoms with Gasteiger partial charge in [-0.1, -0.05) is 13.0 Å². The lowest BCUT2D eigenvalue weighted by molar-refractivity contribution is 0.112. The first-order chi connectivity index (χ1) is 9.29. The molecule has 0 aliphatic rings. The molecule has 114 valence electrons. The van der Waals surface area contributed by atoms with Crippen LogP contribution in [0.5, 0.6) is 5.75 Å². The van der Waals surface area contributed by atoms with E-state index in [1.807, 2.05) is 34.0 Å². The number of likely N-dealkylation sites (N-methyl/N-ethyl adjacent to an activating group) is 1. The molecule has 0 aromatic heterocycles.